The van der Waals surface area contributed by atoms with Crippen LogP contribution in [0, 0.1) is 0 Å². The van der Waals surface area contributed by atoms with E-state index in [0.717, 1.165) is 19.5 Å². The molecule has 96 valence electrons. The normalized spacial score (nSPS) is 27.6. The molecule has 1 aliphatic heterocycles. The molecule has 0 saturated carbocycles. The number of piperidine rings is 1. The molecule has 1 rings (SSSR count). The summed E-state index contributed by atoms with van der Waals surface area (Å²) in [5.41, 5.74) is 5.82. The molecule has 5 heteroatoms. The van der Waals surface area contributed by atoms with Gasteiger partial charge in [-0.2, -0.15) is 8.78 Å². The summed E-state index contributed by atoms with van der Waals surface area (Å²) in [6.07, 6.45) is 3.68. The monoisotopic (exact) mass is 236 g/mol. The summed E-state index contributed by atoms with van der Waals surface area (Å²) in [5.74, 6) is 0. The second-order valence-electron chi connectivity index (χ2n) is 4.40. The molecule has 2 N–H and O–H groups in total. The maximum Gasteiger partial charge on any atom is 0.345 e. The number of hydrogen-bond acceptors (Lipinski definition) is 3. The smallest absolute Gasteiger partial charge is 0.324 e. The molecule has 0 aromatic carbocycles. The number of hydrogen-bond donors (Lipinski definition) is 1. The minimum absolute atomic E-state index is 0.288. The average Bonchev–Trinajstić information content (AvgIpc) is 2.22. The van der Waals surface area contributed by atoms with Gasteiger partial charge in [0.05, 0.1) is 6.10 Å². The van der Waals surface area contributed by atoms with Crippen molar-refractivity contribution < 1.29 is 13.5 Å². The Balaban J connectivity index is 2.22. The molecule has 0 aliphatic carbocycles. The Hall–Kier alpha value is -0.260. The fourth-order valence-electron chi connectivity index (χ4n) is 2.12. The van der Waals surface area contributed by atoms with Crippen LogP contribution in [0.15, 0.2) is 0 Å². The number of alkyl halides is 2. The fraction of sp³-hybridized carbons (Fsp3) is 1.00. The Morgan fingerprint density at radius 1 is 1.44 bits per heavy atom. The summed E-state index contributed by atoms with van der Waals surface area (Å²) >= 11 is 0. The zero-order valence-corrected chi connectivity index (χ0v) is 9.87. The number of nitrogens with two attached hydrogens (primary N) is 1. The topological polar surface area (TPSA) is 38.5 Å². The van der Waals surface area contributed by atoms with E-state index in [9.17, 15) is 8.78 Å². The van der Waals surface area contributed by atoms with E-state index in [0.29, 0.717) is 13.0 Å². The van der Waals surface area contributed by atoms with Gasteiger partial charge in [0, 0.05) is 19.1 Å². The second kappa shape index (κ2) is 7.14. The van der Waals surface area contributed by atoms with Gasteiger partial charge in [-0.15, -0.1) is 0 Å². The maximum absolute atomic E-state index is 12.0. The molecule has 0 amide bonds. The van der Waals surface area contributed by atoms with E-state index in [2.05, 4.69) is 16.6 Å². The first-order valence-electron chi connectivity index (χ1n) is 6.05. The number of nitrogens with zero attached hydrogens (tertiary/aromatic N) is 1. The summed E-state index contributed by atoms with van der Waals surface area (Å²) in [6, 6.07) is -0.288. The van der Waals surface area contributed by atoms with Gasteiger partial charge in [-0.1, -0.05) is 19.8 Å². The molecule has 1 heterocycles. The number of rotatable bonds is 6. The zero-order chi connectivity index (χ0) is 12.0. The molecule has 2 atom stereocenters. The van der Waals surface area contributed by atoms with Crippen molar-refractivity contribution in [1.29, 1.82) is 0 Å². The van der Waals surface area contributed by atoms with Crippen molar-refractivity contribution in [3.05, 3.63) is 0 Å². The fourth-order valence-corrected chi connectivity index (χ4v) is 2.12. The quantitative estimate of drug-likeness (QED) is 0.715. The van der Waals surface area contributed by atoms with Gasteiger partial charge in [0.25, 0.3) is 0 Å². The molecule has 0 aromatic heterocycles. The van der Waals surface area contributed by atoms with Crippen molar-refractivity contribution in [2.24, 2.45) is 5.73 Å². The first kappa shape index (κ1) is 13.8. The van der Waals surface area contributed by atoms with Crippen molar-refractivity contribution >= 4 is 0 Å². The minimum atomic E-state index is -2.71. The second-order valence-corrected chi connectivity index (χ2v) is 4.40. The van der Waals surface area contributed by atoms with Gasteiger partial charge in [0.2, 0.25) is 0 Å². The van der Waals surface area contributed by atoms with Crippen molar-refractivity contribution in [3.8, 4) is 0 Å². The van der Waals surface area contributed by atoms with Gasteiger partial charge in [0.1, 0.15) is 0 Å². The van der Waals surface area contributed by atoms with Crippen molar-refractivity contribution in [3.63, 3.8) is 0 Å². The largest absolute Gasteiger partial charge is 0.345 e. The van der Waals surface area contributed by atoms with Crippen molar-refractivity contribution in [2.75, 3.05) is 19.6 Å². The Labute approximate surface area is 95.9 Å². The maximum atomic E-state index is 12.0. The molecular weight excluding hydrogens is 214 g/mol. The highest BCUT2D eigenvalue weighted by Gasteiger charge is 2.28. The highest BCUT2D eigenvalue weighted by atomic mass is 19.3. The van der Waals surface area contributed by atoms with Gasteiger partial charge in [-0.3, -0.25) is 0 Å². The van der Waals surface area contributed by atoms with E-state index >= 15 is 0 Å². The molecule has 0 bridgehead atoms. The van der Waals surface area contributed by atoms with Crippen LogP contribution < -0.4 is 5.73 Å². The molecule has 16 heavy (non-hydrogen) atoms. The molecule has 0 spiro atoms. The van der Waals surface area contributed by atoms with Gasteiger partial charge in [-0.25, -0.2) is 0 Å². The Kier molecular flexibility index (Phi) is 6.16. The SMILES string of the molecule is CCCCCN1CC[C@@H](OC(F)F)[C@@H](N)C1. The Morgan fingerprint density at radius 3 is 2.75 bits per heavy atom. The van der Waals surface area contributed by atoms with E-state index < -0.39 is 12.7 Å². The molecule has 0 unspecified atom stereocenters. The average molecular weight is 236 g/mol. The number of unbranched alkanes of at least 4 members (excludes halogenated alkanes) is 2. The predicted molar refractivity (Wildman–Crippen MR) is 59.4 cm³/mol. The van der Waals surface area contributed by atoms with Crippen LogP contribution in [-0.4, -0.2) is 43.3 Å². The molecular formula is C11H22F2N2O. The van der Waals surface area contributed by atoms with Crippen LogP contribution in [0.2, 0.25) is 0 Å². The van der Waals surface area contributed by atoms with Crippen LogP contribution in [0.4, 0.5) is 8.78 Å². The van der Waals surface area contributed by atoms with Crippen molar-refractivity contribution in [2.45, 2.75) is 51.4 Å². The number of likely N-dealkylation sites (tertiary alicyclic amines) is 1. The van der Waals surface area contributed by atoms with Crippen LogP contribution >= 0.6 is 0 Å². The molecule has 1 aliphatic rings. The summed E-state index contributed by atoms with van der Waals surface area (Å²) < 4.78 is 28.6. The van der Waals surface area contributed by atoms with Gasteiger partial charge in [-0.05, 0) is 19.4 Å². The summed E-state index contributed by atoms with van der Waals surface area (Å²) in [4.78, 5) is 2.24. The van der Waals surface area contributed by atoms with Crippen LogP contribution in [0.25, 0.3) is 0 Å². The van der Waals surface area contributed by atoms with E-state index in [1.165, 1.54) is 12.8 Å². The summed E-state index contributed by atoms with van der Waals surface area (Å²) in [5, 5.41) is 0. The highest BCUT2D eigenvalue weighted by Crippen LogP contribution is 2.16. The van der Waals surface area contributed by atoms with Crippen LogP contribution in [-0.2, 0) is 4.74 Å². The third-order valence-corrected chi connectivity index (χ3v) is 3.03. The van der Waals surface area contributed by atoms with Gasteiger partial charge >= 0.3 is 6.61 Å². The lowest BCUT2D eigenvalue weighted by molar-refractivity contribution is -0.177. The molecule has 1 fully saturated rings. The van der Waals surface area contributed by atoms with Crippen LogP contribution in [0.5, 0.6) is 0 Å². The van der Waals surface area contributed by atoms with Gasteiger partial charge in [0.15, 0.2) is 0 Å². The highest BCUT2D eigenvalue weighted by molar-refractivity contribution is 4.83. The first-order valence-corrected chi connectivity index (χ1v) is 6.05. The van der Waals surface area contributed by atoms with E-state index in [1.54, 1.807) is 0 Å². The Morgan fingerprint density at radius 2 is 2.19 bits per heavy atom. The molecule has 0 aromatic rings. The van der Waals surface area contributed by atoms with Gasteiger partial charge < -0.3 is 15.4 Å². The van der Waals surface area contributed by atoms with Crippen LogP contribution in [0.3, 0.4) is 0 Å². The van der Waals surface area contributed by atoms with Crippen molar-refractivity contribution in [1.82, 2.24) is 4.90 Å². The number of halogens is 2. The lowest BCUT2D eigenvalue weighted by Gasteiger charge is -2.36. The Bertz CT molecular complexity index is 193. The summed E-state index contributed by atoms with van der Waals surface area (Å²) in [6.45, 7) is 1.95. The van der Waals surface area contributed by atoms with Crippen LogP contribution in [0.1, 0.15) is 32.6 Å². The first-order chi connectivity index (χ1) is 7.63. The third-order valence-electron chi connectivity index (χ3n) is 3.03. The van der Waals surface area contributed by atoms with E-state index in [1.807, 2.05) is 0 Å². The number of ether oxygens (including phenoxy) is 1. The zero-order valence-electron chi connectivity index (χ0n) is 9.87. The minimum Gasteiger partial charge on any atom is -0.324 e. The molecule has 0 radical (unpaired) electrons. The lowest BCUT2D eigenvalue weighted by atomic mass is 10.0. The summed E-state index contributed by atoms with van der Waals surface area (Å²) in [7, 11) is 0. The molecule has 1 saturated heterocycles. The van der Waals surface area contributed by atoms with E-state index in [-0.39, 0.29) is 6.04 Å². The predicted octanol–water partition coefficient (Wildman–Crippen LogP) is 1.82. The standard InChI is InChI=1S/C11H22F2N2O/c1-2-3-4-6-15-7-5-10(9(14)8-15)16-11(12)13/h9-11H,2-8,14H2,1H3/t9-,10+/m0/s1. The third kappa shape index (κ3) is 4.72. The molecule has 3 nitrogen and oxygen atoms in total. The lowest BCUT2D eigenvalue weighted by Crippen LogP contribution is -2.52. The van der Waals surface area contributed by atoms with E-state index in [4.69, 9.17) is 5.73 Å².